The first-order chi connectivity index (χ1) is 9.49. The van der Waals surface area contributed by atoms with Crippen molar-refractivity contribution in [2.75, 3.05) is 12.4 Å². The molecule has 0 saturated heterocycles. The number of nitrogens with one attached hydrogen (secondary N) is 1. The van der Waals surface area contributed by atoms with Crippen LogP contribution in [0.15, 0.2) is 24.3 Å². The maximum atomic E-state index is 12.0. The number of carbonyl (C=O) groups is 1. The van der Waals surface area contributed by atoms with Crippen molar-refractivity contribution in [3.05, 3.63) is 40.7 Å². The Bertz CT molecular complexity index is 637. The summed E-state index contributed by atoms with van der Waals surface area (Å²) >= 11 is 6.01. The van der Waals surface area contributed by atoms with Crippen molar-refractivity contribution < 1.29 is 9.53 Å². The van der Waals surface area contributed by atoms with E-state index < -0.39 is 0 Å². The predicted molar refractivity (Wildman–Crippen MR) is 78.3 cm³/mol. The quantitative estimate of drug-likeness (QED) is 0.943. The molecule has 2 rings (SSSR count). The van der Waals surface area contributed by atoms with Crippen LogP contribution in [0.4, 0.5) is 5.69 Å². The van der Waals surface area contributed by atoms with Gasteiger partial charge in [-0.15, -0.1) is 0 Å². The Kier molecular flexibility index (Phi) is 4.29. The van der Waals surface area contributed by atoms with Crippen molar-refractivity contribution >= 4 is 23.2 Å². The molecule has 1 heterocycles. The normalized spacial score (nSPS) is 10.4. The van der Waals surface area contributed by atoms with E-state index in [1.54, 1.807) is 30.0 Å². The molecule has 0 bridgehead atoms. The fraction of sp³-hybridized carbons (Fsp3) is 0.286. The maximum Gasteiger partial charge on any atom is 0.246 e. The lowest BCUT2D eigenvalue weighted by molar-refractivity contribution is -0.116. The molecule has 6 heteroatoms. The monoisotopic (exact) mass is 293 g/mol. The number of methoxy groups -OCH3 is 1. The standard InChI is InChI=1S/C14H16ClN3O2/c1-9-6-10(2)18(17-9)8-14(19)16-11-4-5-13(20-3)12(15)7-11/h4-7H,8H2,1-3H3,(H,16,19). The topological polar surface area (TPSA) is 56.1 Å². The number of aryl methyl sites for hydroxylation is 2. The first-order valence-electron chi connectivity index (χ1n) is 6.14. The molecule has 5 nitrogen and oxygen atoms in total. The summed E-state index contributed by atoms with van der Waals surface area (Å²) in [4.78, 5) is 12.0. The molecule has 1 N–H and O–H groups in total. The van der Waals surface area contributed by atoms with Crippen LogP contribution in [0.3, 0.4) is 0 Å². The summed E-state index contributed by atoms with van der Waals surface area (Å²) in [6, 6.07) is 7.03. The van der Waals surface area contributed by atoms with E-state index in [9.17, 15) is 4.79 Å². The molecule has 0 fully saturated rings. The molecule has 1 aromatic carbocycles. The molecular weight excluding hydrogens is 278 g/mol. The number of carbonyl (C=O) groups excluding carboxylic acids is 1. The van der Waals surface area contributed by atoms with Crippen molar-refractivity contribution in [1.82, 2.24) is 9.78 Å². The van der Waals surface area contributed by atoms with Crippen molar-refractivity contribution in [2.24, 2.45) is 0 Å². The van der Waals surface area contributed by atoms with Crippen LogP contribution in [0, 0.1) is 13.8 Å². The highest BCUT2D eigenvalue weighted by molar-refractivity contribution is 6.32. The van der Waals surface area contributed by atoms with Crippen molar-refractivity contribution in [3.63, 3.8) is 0 Å². The highest BCUT2D eigenvalue weighted by Crippen LogP contribution is 2.27. The molecule has 1 amide bonds. The van der Waals surface area contributed by atoms with Gasteiger partial charge in [0, 0.05) is 11.4 Å². The second-order valence-electron chi connectivity index (χ2n) is 4.48. The molecular formula is C14H16ClN3O2. The van der Waals surface area contributed by atoms with E-state index >= 15 is 0 Å². The Morgan fingerprint density at radius 2 is 2.15 bits per heavy atom. The van der Waals surface area contributed by atoms with Gasteiger partial charge in [0.2, 0.25) is 5.91 Å². The zero-order valence-corrected chi connectivity index (χ0v) is 12.4. The summed E-state index contributed by atoms with van der Waals surface area (Å²) in [5, 5.41) is 7.48. The third-order valence-electron chi connectivity index (χ3n) is 2.83. The number of halogens is 1. The highest BCUT2D eigenvalue weighted by atomic mass is 35.5. The van der Waals surface area contributed by atoms with Crippen LogP contribution in [0.1, 0.15) is 11.4 Å². The van der Waals surface area contributed by atoms with Gasteiger partial charge in [-0.1, -0.05) is 11.6 Å². The number of nitrogens with zero attached hydrogens (tertiary/aromatic N) is 2. The van der Waals surface area contributed by atoms with Crippen LogP contribution in [-0.4, -0.2) is 22.8 Å². The Labute approximate surface area is 122 Å². The molecule has 0 spiro atoms. The molecule has 20 heavy (non-hydrogen) atoms. The van der Waals surface area contributed by atoms with E-state index in [4.69, 9.17) is 16.3 Å². The number of benzene rings is 1. The van der Waals surface area contributed by atoms with Crippen LogP contribution < -0.4 is 10.1 Å². The van der Waals surface area contributed by atoms with Gasteiger partial charge in [-0.3, -0.25) is 9.48 Å². The van der Waals surface area contributed by atoms with Gasteiger partial charge in [-0.05, 0) is 38.1 Å². The second kappa shape index (κ2) is 5.96. The fourth-order valence-corrected chi connectivity index (χ4v) is 2.17. The van der Waals surface area contributed by atoms with Gasteiger partial charge in [0.05, 0.1) is 17.8 Å². The Morgan fingerprint density at radius 3 is 2.70 bits per heavy atom. The van der Waals surface area contributed by atoms with Gasteiger partial charge < -0.3 is 10.1 Å². The largest absolute Gasteiger partial charge is 0.495 e. The fourth-order valence-electron chi connectivity index (χ4n) is 1.92. The molecule has 0 aliphatic rings. The maximum absolute atomic E-state index is 12.0. The molecule has 106 valence electrons. The number of hydrogen-bond acceptors (Lipinski definition) is 3. The molecule has 2 aromatic rings. The summed E-state index contributed by atoms with van der Waals surface area (Å²) in [6.07, 6.45) is 0. The number of hydrogen-bond donors (Lipinski definition) is 1. The molecule has 0 aliphatic carbocycles. The number of rotatable bonds is 4. The Hall–Kier alpha value is -2.01. The van der Waals surface area contributed by atoms with E-state index in [0.717, 1.165) is 11.4 Å². The summed E-state index contributed by atoms with van der Waals surface area (Å²) < 4.78 is 6.72. The Balaban J connectivity index is 2.04. The van der Waals surface area contributed by atoms with Gasteiger partial charge in [0.25, 0.3) is 0 Å². The third kappa shape index (κ3) is 3.30. The molecule has 0 aliphatic heterocycles. The number of amides is 1. The minimum Gasteiger partial charge on any atom is -0.495 e. The average molecular weight is 294 g/mol. The smallest absolute Gasteiger partial charge is 0.246 e. The zero-order valence-electron chi connectivity index (χ0n) is 11.6. The summed E-state index contributed by atoms with van der Waals surface area (Å²) in [5.74, 6) is 0.417. The lowest BCUT2D eigenvalue weighted by Gasteiger charge is -2.09. The average Bonchev–Trinajstić information content (AvgIpc) is 2.68. The van der Waals surface area contributed by atoms with E-state index in [1.807, 2.05) is 19.9 Å². The number of anilines is 1. The molecule has 0 radical (unpaired) electrons. The van der Waals surface area contributed by atoms with Crippen LogP contribution in [0.25, 0.3) is 0 Å². The number of ether oxygens (including phenoxy) is 1. The summed E-state index contributed by atoms with van der Waals surface area (Å²) in [6.45, 7) is 3.98. The lowest BCUT2D eigenvalue weighted by atomic mass is 10.3. The van der Waals surface area contributed by atoms with E-state index in [-0.39, 0.29) is 12.5 Å². The first kappa shape index (κ1) is 14.4. The van der Waals surface area contributed by atoms with E-state index in [2.05, 4.69) is 10.4 Å². The van der Waals surface area contributed by atoms with Gasteiger partial charge >= 0.3 is 0 Å². The van der Waals surface area contributed by atoms with Gasteiger partial charge in [0.15, 0.2) is 0 Å². The van der Waals surface area contributed by atoms with Crippen molar-refractivity contribution in [2.45, 2.75) is 20.4 Å². The molecule has 0 saturated carbocycles. The van der Waals surface area contributed by atoms with Crippen LogP contribution in [-0.2, 0) is 11.3 Å². The van der Waals surface area contributed by atoms with Gasteiger partial charge in [-0.25, -0.2) is 0 Å². The molecule has 0 unspecified atom stereocenters. The number of aromatic nitrogens is 2. The minimum atomic E-state index is -0.155. The Morgan fingerprint density at radius 1 is 1.40 bits per heavy atom. The van der Waals surface area contributed by atoms with Crippen LogP contribution >= 0.6 is 11.6 Å². The zero-order chi connectivity index (χ0) is 14.7. The molecule has 0 atom stereocenters. The van der Waals surface area contributed by atoms with Crippen LogP contribution in [0.2, 0.25) is 5.02 Å². The second-order valence-corrected chi connectivity index (χ2v) is 4.89. The van der Waals surface area contributed by atoms with E-state index in [1.165, 1.54) is 0 Å². The van der Waals surface area contributed by atoms with Gasteiger partial charge in [-0.2, -0.15) is 5.10 Å². The predicted octanol–water partition coefficient (Wildman–Crippen LogP) is 2.80. The molecule has 1 aromatic heterocycles. The SMILES string of the molecule is COc1ccc(NC(=O)Cn2nc(C)cc2C)cc1Cl. The van der Waals surface area contributed by atoms with Gasteiger partial charge in [0.1, 0.15) is 12.3 Å². The van der Waals surface area contributed by atoms with Crippen molar-refractivity contribution in [3.8, 4) is 5.75 Å². The van der Waals surface area contributed by atoms with Crippen molar-refractivity contribution in [1.29, 1.82) is 0 Å². The summed E-state index contributed by atoms with van der Waals surface area (Å²) in [5.41, 5.74) is 2.47. The van der Waals surface area contributed by atoms with Crippen LogP contribution in [0.5, 0.6) is 5.75 Å². The summed E-state index contributed by atoms with van der Waals surface area (Å²) in [7, 11) is 1.54. The lowest BCUT2D eigenvalue weighted by Crippen LogP contribution is -2.20. The third-order valence-corrected chi connectivity index (χ3v) is 3.13. The van der Waals surface area contributed by atoms with E-state index in [0.29, 0.717) is 16.5 Å². The first-order valence-corrected chi connectivity index (χ1v) is 6.52. The minimum absolute atomic E-state index is 0.155. The highest BCUT2D eigenvalue weighted by Gasteiger charge is 2.09.